The molecule has 0 saturated carbocycles. The molecule has 0 spiro atoms. The number of aryl methyl sites for hydroxylation is 4. The van der Waals surface area contributed by atoms with Gasteiger partial charge >= 0.3 is 0 Å². The average Bonchev–Trinajstić information content (AvgIpc) is 2.66. The molecule has 0 bridgehead atoms. The standard InChI is InChI=1S/C8H12O.C8H12S.CH4/c2*1-5-6(2)8(4)9-7(5)3;/h2*1-4H3;1H4. The molecule has 2 aromatic heterocycles. The van der Waals surface area contributed by atoms with Crippen molar-refractivity contribution in [2.75, 3.05) is 0 Å². The van der Waals surface area contributed by atoms with E-state index in [1.54, 1.807) is 0 Å². The molecule has 2 aromatic rings. The topological polar surface area (TPSA) is 13.1 Å². The quantitative estimate of drug-likeness (QED) is 0.565. The molecule has 19 heavy (non-hydrogen) atoms. The van der Waals surface area contributed by atoms with Crippen LogP contribution in [-0.4, -0.2) is 0 Å². The highest BCUT2D eigenvalue weighted by Gasteiger charge is 2.04. The predicted molar refractivity (Wildman–Crippen MR) is 87.7 cm³/mol. The Morgan fingerprint density at radius 3 is 1.00 bits per heavy atom. The van der Waals surface area contributed by atoms with Gasteiger partial charge in [0.1, 0.15) is 11.5 Å². The first-order valence-electron chi connectivity index (χ1n) is 6.32. The van der Waals surface area contributed by atoms with E-state index in [-0.39, 0.29) is 7.43 Å². The van der Waals surface area contributed by atoms with Crippen molar-refractivity contribution in [1.82, 2.24) is 0 Å². The summed E-state index contributed by atoms with van der Waals surface area (Å²) < 4.78 is 5.34. The molecular formula is C17H28OS. The summed E-state index contributed by atoms with van der Waals surface area (Å²) in [6.07, 6.45) is 0. The lowest BCUT2D eigenvalue weighted by Gasteiger charge is -1.88. The molecule has 0 aliphatic heterocycles. The summed E-state index contributed by atoms with van der Waals surface area (Å²) in [5.41, 5.74) is 5.51. The SMILES string of the molecule is C.Cc1oc(C)c(C)c1C.Cc1sc(C)c(C)c1C. The molecule has 1 nitrogen and oxygen atoms in total. The van der Waals surface area contributed by atoms with Crippen molar-refractivity contribution < 1.29 is 4.42 Å². The van der Waals surface area contributed by atoms with E-state index in [9.17, 15) is 0 Å². The summed E-state index contributed by atoms with van der Waals surface area (Å²) in [6, 6.07) is 0. The molecule has 108 valence electrons. The first-order chi connectivity index (χ1) is 8.25. The molecule has 2 rings (SSSR count). The monoisotopic (exact) mass is 280 g/mol. The average molecular weight is 280 g/mol. The van der Waals surface area contributed by atoms with Crippen molar-refractivity contribution in [3.8, 4) is 0 Å². The number of rotatable bonds is 0. The number of furan rings is 1. The Morgan fingerprint density at radius 1 is 0.579 bits per heavy atom. The summed E-state index contributed by atoms with van der Waals surface area (Å²) >= 11 is 1.90. The number of thiophene rings is 1. The molecule has 2 heterocycles. The lowest BCUT2D eigenvalue weighted by molar-refractivity contribution is 0.501. The third kappa shape index (κ3) is 3.97. The molecule has 0 saturated heterocycles. The van der Waals surface area contributed by atoms with Crippen molar-refractivity contribution in [2.45, 2.75) is 62.8 Å². The zero-order valence-corrected chi connectivity index (χ0v) is 13.6. The van der Waals surface area contributed by atoms with Gasteiger partial charge in [-0.05, 0) is 77.6 Å². The van der Waals surface area contributed by atoms with Gasteiger partial charge in [0, 0.05) is 9.75 Å². The van der Waals surface area contributed by atoms with Gasteiger partial charge in [-0.25, -0.2) is 0 Å². The Balaban J connectivity index is 0.000000324. The van der Waals surface area contributed by atoms with Gasteiger partial charge in [-0.1, -0.05) is 7.43 Å². The smallest absolute Gasteiger partial charge is 0.104 e. The molecule has 0 unspecified atom stereocenters. The van der Waals surface area contributed by atoms with Crippen LogP contribution in [0.5, 0.6) is 0 Å². The lowest BCUT2D eigenvalue weighted by atomic mass is 10.2. The number of hydrogen-bond donors (Lipinski definition) is 0. The normalized spacial score (nSPS) is 9.68. The molecular weight excluding hydrogens is 252 g/mol. The minimum atomic E-state index is 0. The van der Waals surface area contributed by atoms with Gasteiger partial charge in [-0.3, -0.25) is 0 Å². The molecule has 0 aliphatic carbocycles. The Morgan fingerprint density at radius 2 is 0.895 bits per heavy atom. The Kier molecular flexibility index (Phi) is 6.58. The Bertz CT molecular complexity index is 449. The van der Waals surface area contributed by atoms with E-state index in [1.807, 2.05) is 25.2 Å². The van der Waals surface area contributed by atoms with E-state index < -0.39 is 0 Å². The van der Waals surface area contributed by atoms with Crippen molar-refractivity contribution >= 4 is 11.3 Å². The summed E-state index contributed by atoms with van der Waals surface area (Å²) in [7, 11) is 0. The van der Waals surface area contributed by atoms with Crippen molar-refractivity contribution in [1.29, 1.82) is 0 Å². The van der Waals surface area contributed by atoms with Crippen LogP contribution in [-0.2, 0) is 0 Å². The summed E-state index contributed by atoms with van der Waals surface area (Å²) in [6.45, 7) is 16.9. The first-order valence-corrected chi connectivity index (χ1v) is 7.13. The van der Waals surface area contributed by atoms with E-state index >= 15 is 0 Å². The highest BCUT2D eigenvalue weighted by Crippen LogP contribution is 2.24. The van der Waals surface area contributed by atoms with Crippen LogP contribution in [0.15, 0.2) is 4.42 Å². The summed E-state index contributed by atoms with van der Waals surface area (Å²) in [4.78, 5) is 2.93. The lowest BCUT2D eigenvalue weighted by Crippen LogP contribution is -1.73. The van der Waals surface area contributed by atoms with Gasteiger partial charge < -0.3 is 4.42 Å². The highest BCUT2D eigenvalue weighted by atomic mass is 32.1. The minimum absolute atomic E-state index is 0. The second-order valence-electron chi connectivity index (χ2n) is 4.93. The van der Waals surface area contributed by atoms with Gasteiger partial charge in [-0.15, -0.1) is 11.3 Å². The maximum atomic E-state index is 5.34. The first kappa shape index (κ1) is 18.0. The largest absolute Gasteiger partial charge is 0.466 e. The van der Waals surface area contributed by atoms with Crippen molar-refractivity contribution in [3.05, 3.63) is 43.5 Å². The summed E-state index contributed by atoms with van der Waals surface area (Å²) in [5.74, 6) is 2.09. The van der Waals surface area contributed by atoms with Gasteiger partial charge in [0.25, 0.3) is 0 Å². The van der Waals surface area contributed by atoms with Gasteiger partial charge in [0.15, 0.2) is 0 Å². The van der Waals surface area contributed by atoms with Crippen LogP contribution in [0.25, 0.3) is 0 Å². The second-order valence-corrected chi connectivity index (χ2v) is 6.36. The van der Waals surface area contributed by atoms with Crippen LogP contribution in [0.1, 0.15) is 51.0 Å². The zero-order valence-electron chi connectivity index (χ0n) is 12.8. The van der Waals surface area contributed by atoms with E-state index in [0.29, 0.717) is 0 Å². The Labute approximate surface area is 122 Å². The van der Waals surface area contributed by atoms with Gasteiger partial charge in [0.05, 0.1) is 0 Å². The molecule has 0 amide bonds. The van der Waals surface area contributed by atoms with Crippen LogP contribution in [0, 0.1) is 55.4 Å². The molecule has 0 N–H and O–H groups in total. The molecule has 0 fully saturated rings. The van der Waals surface area contributed by atoms with E-state index in [0.717, 1.165) is 11.5 Å². The van der Waals surface area contributed by atoms with Gasteiger partial charge in [0.2, 0.25) is 0 Å². The van der Waals surface area contributed by atoms with E-state index in [1.165, 1.54) is 32.0 Å². The zero-order chi connectivity index (χ0) is 14.0. The van der Waals surface area contributed by atoms with E-state index in [2.05, 4.69) is 41.5 Å². The van der Waals surface area contributed by atoms with Crippen LogP contribution in [0.3, 0.4) is 0 Å². The molecule has 0 radical (unpaired) electrons. The molecule has 2 heteroatoms. The fraction of sp³-hybridized carbons (Fsp3) is 0.529. The highest BCUT2D eigenvalue weighted by molar-refractivity contribution is 7.12. The fourth-order valence-corrected chi connectivity index (χ4v) is 2.89. The predicted octanol–water partition coefficient (Wildman–Crippen LogP) is 6.13. The third-order valence-corrected chi connectivity index (χ3v) is 5.07. The Hall–Kier alpha value is -1.02. The molecule has 0 aliphatic rings. The van der Waals surface area contributed by atoms with Gasteiger partial charge in [-0.2, -0.15) is 0 Å². The van der Waals surface area contributed by atoms with Crippen LogP contribution in [0.4, 0.5) is 0 Å². The van der Waals surface area contributed by atoms with Crippen molar-refractivity contribution in [3.63, 3.8) is 0 Å². The maximum Gasteiger partial charge on any atom is 0.104 e. The summed E-state index contributed by atoms with van der Waals surface area (Å²) in [5, 5.41) is 0. The van der Waals surface area contributed by atoms with Crippen molar-refractivity contribution in [2.24, 2.45) is 0 Å². The van der Waals surface area contributed by atoms with E-state index in [4.69, 9.17) is 4.42 Å². The van der Waals surface area contributed by atoms with Crippen LogP contribution < -0.4 is 0 Å². The molecule has 0 atom stereocenters. The maximum absolute atomic E-state index is 5.34. The minimum Gasteiger partial charge on any atom is -0.466 e. The van der Waals surface area contributed by atoms with Crippen LogP contribution >= 0.6 is 11.3 Å². The van der Waals surface area contributed by atoms with Crippen LogP contribution in [0.2, 0.25) is 0 Å². The fourth-order valence-electron chi connectivity index (χ4n) is 1.82. The molecule has 0 aromatic carbocycles. The second kappa shape index (κ2) is 6.95. The third-order valence-electron chi connectivity index (χ3n) is 3.85. The number of hydrogen-bond acceptors (Lipinski definition) is 2.